The van der Waals surface area contributed by atoms with Crippen molar-refractivity contribution in [2.24, 2.45) is 5.73 Å². The summed E-state index contributed by atoms with van der Waals surface area (Å²) >= 11 is 0. The molecule has 2 aromatic carbocycles. The second-order valence-electron chi connectivity index (χ2n) is 6.45. The van der Waals surface area contributed by atoms with Crippen LogP contribution in [0.15, 0.2) is 67.0 Å². The average Bonchev–Trinajstić information content (AvgIpc) is 3.29. The minimum Gasteiger partial charge on any atom is -0.351 e. The molecule has 8 nitrogen and oxygen atoms in total. The Balaban J connectivity index is 1.89. The lowest BCUT2D eigenvalue weighted by molar-refractivity contribution is -0.137. The number of tetrazole rings is 1. The van der Waals surface area contributed by atoms with E-state index in [-0.39, 0.29) is 17.2 Å². The fraction of sp³-hybridized carbons (Fsp3) is 0.0500. The normalized spacial score (nSPS) is 11.3. The van der Waals surface area contributed by atoms with E-state index in [1.807, 2.05) is 6.07 Å². The summed E-state index contributed by atoms with van der Waals surface area (Å²) in [5, 5.41) is 13.6. The van der Waals surface area contributed by atoms with Crippen LogP contribution < -0.4 is 10.6 Å². The molecule has 3 N–H and O–H groups in total. The van der Waals surface area contributed by atoms with E-state index in [1.54, 1.807) is 36.7 Å². The minimum atomic E-state index is -4.58. The van der Waals surface area contributed by atoms with Gasteiger partial charge in [0.15, 0.2) is 5.82 Å². The second-order valence-corrected chi connectivity index (χ2v) is 6.45. The number of nitrogens with zero attached hydrogens (tertiary/aromatic N) is 5. The van der Waals surface area contributed by atoms with Crippen LogP contribution in [0.3, 0.4) is 0 Å². The van der Waals surface area contributed by atoms with Crippen molar-refractivity contribution >= 4 is 17.4 Å². The fourth-order valence-electron chi connectivity index (χ4n) is 3.11. The molecular weight excluding hydrogens is 411 g/mol. The molecule has 4 rings (SSSR count). The Kier molecular flexibility index (Phi) is 5.07. The molecule has 0 bridgehead atoms. The van der Waals surface area contributed by atoms with Crippen LogP contribution in [-0.4, -0.2) is 31.6 Å². The third kappa shape index (κ3) is 4.06. The zero-order chi connectivity index (χ0) is 22.0. The number of nitrogens with one attached hydrogen (secondary N) is 1. The molecule has 0 spiro atoms. The smallest absolute Gasteiger partial charge is 0.351 e. The highest BCUT2D eigenvalue weighted by Crippen LogP contribution is 2.38. The Labute approximate surface area is 173 Å². The van der Waals surface area contributed by atoms with Crippen LogP contribution in [0, 0.1) is 0 Å². The molecule has 2 amide bonds. The molecule has 0 fully saturated rings. The van der Waals surface area contributed by atoms with E-state index < -0.39 is 17.8 Å². The van der Waals surface area contributed by atoms with Crippen LogP contribution in [0.25, 0.3) is 22.5 Å². The molecule has 0 aliphatic heterocycles. The third-order valence-corrected chi connectivity index (χ3v) is 4.48. The van der Waals surface area contributed by atoms with E-state index in [2.05, 4.69) is 25.6 Å². The number of aromatic nitrogens is 5. The van der Waals surface area contributed by atoms with Crippen molar-refractivity contribution in [1.29, 1.82) is 0 Å². The Morgan fingerprint density at radius 3 is 2.52 bits per heavy atom. The van der Waals surface area contributed by atoms with Crippen LogP contribution in [-0.2, 0) is 6.18 Å². The van der Waals surface area contributed by atoms with Gasteiger partial charge in [-0.1, -0.05) is 18.2 Å². The number of hydrogen-bond acceptors (Lipinski definition) is 5. The van der Waals surface area contributed by atoms with E-state index in [9.17, 15) is 18.0 Å². The van der Waals surface area contributed by atoms with Gasteiger partial charge in [0.1, 0.15) is 0 Å². The van der Waals surface area contributed by atoms with Crippen molar-refractivity contribution in [2.75, 3.05) is 4.90 Å². The number of aromatic amines is 1. The maximum Gasteiger partial charge on any atom is 0.416 e. The number of amides is 2. The van der Waals surface area contributed by atoms with Gasteiger partial charge in [-0.25, -0.2) is 9.89 Å². The number of anilines is 2. The lowest BCUT2D eigenvalue weighted by Crippen LogP contribution is -2.32. The van der Waals surface area contributed by atoms with E-state index in [0.29, 0.717) is 5.56 Å². The third-order valence-electron chi connectivity index (χ3n) is 4.48. The van der Waals surface area contributed by atoms with Crippen molar-refractivity contribution in [1.82, 2.24) is 25.6 Å². The largest absolute Gasteiger partial charge is 0.416 e. The summed E-state index contributed by atoms with van der Waals surface area (Å²) in [7, 11) is 0. The fourth-order valence-corrected chi connectivity index (χ4v) is 3.11. The van der Waals surface area contributed by atoms with Crippen LogP contribution in [0.2, 0.25) is 0 Å². The minimum absolute atomic E-state index is 0.0508. The molecular formula is C20H14F3N7O. The highest BCUT2D eigenvalue weighted by atomic mass is 19.4. The van der Waals surface area contributed by atoms with Crippen molar-refractivity contribution < 1.29 is 18.0 Å². The second kappa shape index (κ2) is 7.86. The summed E-state index contributed by atoms with van der Waals surface area (Å²) in [6.07, 6.45) is -1.31. The molecule has 4 aromatic rings. The highest BCUT2D eigenvalue weighted by molar-refractivity contribution is 6.02. The number of nitrogens with two attached hydrogens (primary N) is 1. The zero-order valence-electron chi connectivity index (χ0n) is 15.7. The van der Waals surface area contributed by atoms with Crippen LogP contribution in [0.4, 0.5) is 29.3 Å². The quantitative estimate of drug-likeness (QED) is 0.510. The summed E-state index contributed by atoms with van der Waals surface area (Å²) in [4.78, 5) is 17.4. The Morgan fingerprint density at radius 1 is 1.03 bits per heavy atom. The van der Waals surface area contributed by atoms with Crippen LogP contribution >= 0.6 is 0 Å². The first kappa shape index (κ1) is 20.0. The summed E-state index contributed by atoms with van der Waals surface area (Å²) in [6.45, 7) is 0. The molecule has 2 aromatic heterocycles. The van der Waals surface area contributed by atoms with Gasteiger partial charge in [-0.3, -0.25) is 9.88 Å². The first-order chi connectivity index (χ1) is 14.8. The Morgan fingerprint density at radius 2 is 1.87 bits per heavy atom. The molecule has 0 unspecified atom stereocenters. The van der Waals surface area contributed by atoms with Gasteiger partial charge >= 0.3 is 12.2 Å². The van der Waals surface area contributed by atoms with Gasteiger partial charge in [0.25, 0.3) is 0 Å². The molecule has 31 heavy (non-hydrogen) atoms. The van der Waals surface area contributed by atoms with Crippen LogP contribution in [0.5, 0.6) is 0 Å². The first-order valence-corrected chi connectivity index (χ1v) is 8.90. The van der Waals surface area contributed by atoms with E-state index in [1.165, 1.54) is 12.1 Å². The Hall–Kier alpha value is -4.28. The van der Waals surface area contributed by atoms with Crippen molar-refractivity contribution in [3.63, 3.8) is 0 Å². The molecule has 0 aliphatic carbocycles. The van der Waals surface area contributed by atoms with Crippen molar-refractivity contribution in [3.8, 4) is 22.5 Å². The molecule has 156 valence electrons. The number of carbonyl (C=O) groups excluding carboxylic acids is 1. The molecule has 0 atom stereocenters. The maximum absolute atomic E-state index is 13.2. The van der Waals surface area contributed by atoms with Crippen LogP contribution in [0.1, 0.15) is 5.56 Å². The van der Waals surface area contributed by atoms with E-state index >= 15 is 0 Å². The zero-order valence-corrected chi connectivity index (χ0v) is 15.7. The summed E-state index contributed by atoms with van der Waals surface area (Å²) in [5.74, 6) is 0.207. The van der Waals surface area contributed by atoms with Crippen molar-refractivity contribution in [3.05, 3.63) is 72.6 Å². The number of urea groups is 1. The first-order valence-electron chi connectivity index (χ1n) is 8.90. The number of H-pyrrole nitrogens is 1. The summed E-state index contributed by atoms with van der Waals surface area (Å²) < 4.78 is 39.6. The number of pyridine rings is 1. The van der Waals surface area contributed by atoms with Crippen molar-refractivity contribution in [2.45, 2.75) is 6.18 Å². The number of benzene rings is 2. The van der Waals surface area contributed by atoms with Gasteiger partial charge in [-0.15, -0.1) is 5.10 Å². The molecule has 0 radical (unpaired) electrons. The maximum atomic E-state index is 13.2. The van der Waals surface area contributed by atoms with Gasteiger partial charge in [0.2, 0.25) is 0 Å². The predicted molar refractivity (Wildman–Crippen MR) is 106 cm³/mol. The molecule has 0 saturated heterocycles. The average molecular weight is 425 g/mol. The van der Waals surface area contributed by atoms with E-state index in [0.717, 1.165) is 28.2 Å². The van der Waals surface area contributed by atoms with Gasteiger partial charge in [-0.2, -0.15) is 13.2 Å². The lowest BCUT2D eigenvalue weighted by Gasteiger charge is -2.24. The highest BCUT2D eigenvalue weighted by Gasteiger charge is 2.32. The van der Waals surface area contributed by atoms with Gasteiger partial charge < -0.3 is 5.73 Å². The lowest BCUT2D eigenvalue weighted by atomic mass is 10.0. The monoisotopic (exact) mass is 425 g/mol. The number of alkyl halides is 3. The molecule has 0 aliphatic rings. The van der Waals surface area contributed by atoms with E-state index in [4.69, 9.17) is 5.73 Å². The van der Waals surface area contributed by atoms with Gasteiger partial charge in [0, 0.05) is 23.5 Å². The standard InChI is InChI=1S/C20H14F3N7O/c21-20(22,23)14-4-1-5-15(10-14)30(19(24)31)17-7-6-12(13-3-2-8-25-11-13)9-16(17)18-26-28-29-27-18/h1-11H,(H2,24,31)(H,26,27,28,29). The topological polar surface area (TPSA) is 114 Å². The number of halogens is 3. The van der Waals surface area contributed by atoms with Gasteiger partial charge in [-0.05, 0) is 52.4 Å². The molecule has 0 saturated carbocycles. The summed E-state index contributed by atoms with van der Waals surface area (Å²) in [5.41, 5.74) is 6.69. The van der Waals surface area contributed by atoms with Gasteiger partial charge in [0.05, 0.1) is 16.9 Å². The summed E-state index contributed by atoms with van der Waals surface area (Å²) in [6, 6.07) is 11.9. The number of hydrogen-bond donors (Lipinski definition) is 2. The molecule has 11 heteroatoms. The number of rotatable bonds is 4. The molecule has 2 heterocycles. The predicted octanol–water partition coefficient (Wildman–Crippen LogP) is 4.16. The number of carbonyl (C=O) groups is 1. The Bertz CT molecular complexity index is 1210. The SMILES string of the molecule is NC(=O)N(c1cccc(C(F)(F)F)c1)c1ccc(-c2cccnc2)cc1-c1nnn[nH]1. The number of primary amides is 1.